The molecule has 0 saturated carbocycles. The minimum Gasteiger partial charge on any atom is -0.372 e. The van der Waals surface area contributed by atoms with Gasteiger partial charge in [0, 0.05) is 46.1 Å². The van der Waals surface area contributed by atoms with Crippen molar-refractivity contribution in [3.8, 4) is 0 Å². The SMILES string of the molecule is CCCN(CCC)C(=O)CCCC(=O)NCCCN(C)c1ccccc1F. The molecule has 1 aromatic rings. The van der Waals surface area contributed by atoms with Gasteiger partial charge < -0.3 is 15.1 Å². The van der Waals surface area contributed by atoms with E-state index in [1.54, 1.807) is 18.2 Å². The molecule has 1 N–H and O–H groups in total. The topological polar surface area (TPSA) is 52.7 Å². The molecule has 0 aliphatic heterocycles. The molecule has 0 radical (unpaired) electrons. The average Bonchev–Trinajstić information content (AvgIpc) is 2.65. The maximum Gasteiger partial charge on any atom is 0.222 e. The third-order valence-corrected chi connectivity index (χ3v) is 4.39. The number of hydrogen-bond acceptors (Lipinski definition) is 3. The van der Waals surface area contributed by atoms with E-state index >= 15 is 0 Å². The third-order valence-electron chi connectivity index (χ3n) is 4.39. The Morgan fingerprint density at radius 3 is 2.30 bits per heavy atom. The van der Waals surface area contributed by atoms with E-state index in [0.717, 1.165) is 32.4 Å². The summed E-state index contributed by atoms with van der Waals surface area (Å²) in [4.78, 5) is 27.8. The smallest absolute Gasteiger partial charge is 0.222 e. The summed E-state index contributed by atoms with van der Waals surface area (Å²) in [6.45, 7) is 6.90. The first-order chi connectivity index (χ1) is 13.0. The van der Waals surface area contributed by atoms with Gasteiger partial charge in [0.1, 0.15) is 5.82 Å². The molecule has 1 aromatic carbocycles. The Morgan fingerprint density at radius 2 is 1.67 bits per heavy atom. The summed E-state index contributed by atoms with van der Waals surface area (Å²) in [7, 11) is 1.84. The number of halogens is 1. The lowest BCUT2D eigenvalue weighted by Crippen LogP contribution is -2.32. The quantitative estimate of drug-likeness (QED) is 0.533. The van der Waals surface area contributed by atoms with E-state index in [9.17, 15) is 14.0 Å². The average molecular weight is 380 g/mol. The van der Waals surface area contributed by atoms with Gasteiger partial charge in [-0.2, -0.15) is 0 Å². The van der Waals surface area contributed by atoms with E-state index in [4.69, 9.17) is 0 Å². The van der Waals surface area contributed by atoms with Crippen molar-refractivity contribution in [1.82, 2.24) is 10.2 Å². The summed E-state index contributed by atoms with van der Waals surface area (Å²) < 4.78 is 13.7. The minimum absolute atomic E-state index is 0.0334. The molecule has 0 unspecified atom stereocenters. The summed E-state index contributed by atoms with van der Waals surface area (Å²) in [5.41, 5.74) is 0.561. The first-order valence-electron chi connectivity index (χ1n) is 9.99. The lowest BCUT2D eigenvalue weighted by atomic mass is 10.2. The normalized spacial score (nSPS) is 10.5. The highest BCUT2D eigenvalue weighted by Crippen LogP contribution is 2.16. The molecular formula is C21H34FN3O2. The van der Waals surface area contributed by atoms with Crippen molar-refractivity contribution in [3.63, 3.8) is 0 Å². The monoisotopic (exact) mass is 379 g/mol. The van der Waals surface area contributed by atoms with Gasteiger partial charge in [0.05, 0.1) is 5.69 Å². The van der Waals surface area contributed by atoms with Crippen LogP contribution in [0.5, 0.6) is 0 Å². The van der Waals surface area contributed by atoms with Crippen LogP contribution in [0.25, 0.3) is 0 Å². The number of carbonyl (C=O) groups is 2. The Labute approximate surface area is 162 Å². The van der Waals surface area contributed by atoms with E-state index in [1.807, 2.05) is 16.8 Å². The van der Waals surface area contributed by atoms with Crippen LogP contribution in [0.4, 0.5) is 10.1 Å². The zero-order chi connectivity index (χ0) is 20.1. The van der Waals surface area contributed by atoms with E-state index in [1.165, 1.54) is 6.07 Å². The van der Waals surface area contributed by atoms with Gasteiger partial charge in [-0.15, -0.1) is 0 Å². The molecule has 0 aromatic heterocycles. The summed E-state index contributed by atoms with van der Waals surface area (Å²) in [6, 6.07) is 6.66. The Bertz CT molecular complexity index is 574. The van der Waals surface area contributed by atoms with Crippen LogP contribution in [0.3, 0.4) is 0 Å². The fourth-order valence-electron chi connectivity index (χ4n) is 2.97. The predicted octanol–water partition coefficient (Wildman–Crippen LogP) is 3.59. The third kappa shape index (κ3) is 8.89. The van der Waals surface area contributed by atoms with Crippen LogP contribution in [0.2, 0.25) is 0 Å². The van der Waals surface area contributed by atoms with Gasteiger partial charge >= 0.3 is 0 Å². The van der Waals surface area contributed by atoms with Gasteiger partial charge in [-0.25, -0.2) is 4.39 Å². The number of rotatable bonds is 13. The van der Waals surface area contributed by atoms with Crippen molar-refractivity contribution < 1.29 is 14.0 Å². The van der Waals surface area contributed by atoms with Crippen LogP contribution >= 0.6 is 0 Å². The van der Waals surface area contributed by atoms with Gasteiger partial charge in [0.25, 0.3) is 0 Å². The molecule has 0 fully saturated rings. The van der Waals surface area contributed by atoms with Crippen LogP contribution in [-0.4, -0.2) is 49.9 Å². The lowest BCUT2D eigenvalue weighted by Gasteiger charge is -2.21. The van der Waals surface area contributed by atoms with E-state index in [2.05, 4.69) is 19.2 Å². The molecule has 0 aliphatic rings. The Kier molecular flexibility index (Phi) is 11.1. The Morgan fingerprint density at radius 1 is 1.00 bits per heavy atom. The van der Waals surface area contributed by atoms with Crippen molar-refractivity contribution >= 4 is 17.5 Å². The van der Waals surface area contributed by atoms with Crippen LogP contribution in [0.1, 0.15) is 52.4 Å². The first-order valence-corrected chi connectivity index (χ1v) is 9.99. The summed E-state index contributed by atoms with van der Waals surface area (Å²) in [6.07, 6.45) is 3.99. The highest BCUT2D eigenvalue weighted by Gasteiger charge is 2.12. The molecule has 27 heavy (non-hydrogen) atoms. The number of benzene rings is 1. The van der Waals surface area contributed by atoms with Gasteiger partial charge in [-0.05, 0) is 37.8 Å². The van der Waals surface area contributed by atoms with Crippen molar-refractivity contribution in [2.75, 3.05) is 38.1 Å². The van der Waals surface area contributed by atoms with Gasteiger partial charge in [0.15, 0.2) is 0 Å². The van der Waals surface area contributed by atoms with Crippen molar-refractivity contribution in [3.05, 3.63) is 30.1 Å². The molecule has 2 amide bonds. The number of nitrogens with one attached hydrogen (secondary N) is 1. The van der Waals surface area contributed by atoms with Crippen molar-refractivity contribution in [1.29, 1.82) is 0 Å². The molecule has 0 aliphatic carbocycles. The maximum absolute atomic E-state index is 13.7. The number of hydrogen-bond donors (Lipinski definition) is 1. The van der Waals surface area contributed by atoms with Gasteiger partial charge in [0.2, 0.25) is 11.8 Å². The second kappa shape index (κ2) is 13.1. The van der Waals surface area contributed by atoms with E-state index < -0.39 is 0 Å². The lowest BCUT2D eigenvalue weighted by molar-refractivity contribution is -0.131. The molecule has 152 valence electrons. The number of para-hydroxylation sites is 1. The largest absolute Gasteiger partial charge is 0.372 e. The molecule has 1 rings (SSSR count). The fraction of sp³-hybridized carbons (Fsp3) is 0.619. The van der Waals surface area contributed by atoms with E-state index in [-0.39, 0.29) is 17.6 Å². The maximum atomic E-state index is 13.7. The Hall–Kier alpha value is -2.11. The number of carbonyl (C=O) groups excluding carboxylic acids is 2. The minimum atomic E-state index is -0.242. The standard InChI is InChI=1S/C21H34FN3O2/c1-4-15-25(16-5-2)21(27)13-8-12-20(26)23-14-9-17-24(3)19-11-7-6-10-18(19)22/h6-7,10-11H,4-5,8-9,12-17H2,1-3H3,(H,23,26). The summed E-state index contributed by atoms with van der Waals surface area (Å²) in [5.74, 6) is -0.138. The van der Waals surface area contributed by atoms with Crippen LogP contribution in [0, 0.1) is 5.82 Å². The fourth-order valence-corrected chi connectivity index (χ4v) is 2.97. The molecule has 0 heterocycles. The first kappa shape index (κ1) is 22.9. The van der Waals surface area contributed by atoms with Crippen molar-refractivity contribution in [2.45, 2.75) is 52.4 Å². The number of nitrogens with zero attached hydrogens (tertiary/aromatic N) is 2. The Balaban J connectivity index is 2.18. The highest BCUT2D eigenvalue weighted by molar-refractivity contribution is 5.78. The molecule has 0 bridgehead atoms. The van der Waals surface area contributed by atoms with Crippen molar-refractivity contribution in [2.24, 2.45) is 0 Å². The molecule has 0 spiro atoms. The van der Waals surface area contributed by atoms with E-state index in [0.29, 0.717) is 38.0 Å². The van der Waals surface area contributed by atoms with Crippen LogP contribution in [-0.2, 0) is 9.59 Å². The van der Waals surface area contributed by atoms with Gasteiger partial charge in [-0.1, -0.05) is 26.0 Å². The summed E-state index contributed by atoms with van der Waals surface area (Å²) >= 11 is 0. The predicted molar refractivity (Wildman–Crippen MR) is 108 cm³/mol. The molecule has 5 nitrogen and oxygen atoms in total. The van der Waals surface area contributed by atoms with Gasteiger partial charge in [-0.3, -0.25) is 9.59 Å². The van der Waals surface area contributed by atoms with Crippen LogP contribution < -0.4 is 10.2 Å². The zero-order valence-corrected chi connectivity index (χ0v) is 17.0. The molecule has 6 heteroatoms. The molecule has 0 saturated heterocycles. The number of amides is 2. The second-order valence-electron chi connectivity index (χ2n) is 6.81. The molecular weight excluding hydrogens is 345 g/mol. The second-order valence-corrected chi connectivity index (χ2v) is 6.81. The molecule has 0 atom stereocenters. The van der Waals surface area contributed by atoms with Crippen LogP contribution in [0.15, 0.2) is 24.3 Å². The zero-order valence-electron chi connectivity index (χ0n) is 17.0. The number of anilines is 1. The highest BCUT2D eigenvalue weighted by atomic mass is 19.1. The summed E-state index contributed by atoms with van der Waals surface area (Å²) in [5, 5.41) is 2.87.